The second kappa shape index (κ2) is 13.0. The maximum atomic E-state index is 13.2. The van der Waals surface area contributed by atoms with Crippen molar-refractivity contribution < 1.29 is 22.8 Å². The SMILES string of the molecule is CCCCCCCC(=O)NCCCN(C(=O)c1ccccc1C)c1cccc(C(F)(F)F)c1. The molecule has 2 aromatic carbocycles. The number of alkyl halides is 3. The Morgan fingerprint density at radius 2 is 1.67 bits per heavy atom. The van der Waals surface area contributed by atoms with Crippen LogP contribution in [0.1, 0.15) is 73.4 Å². The highest BCUT2D eigenvalue weighted by atomic mass is 19.4. The maximum absolute atomic E-state index is 13.2. The van der Waals surface area contributed by atoms with E-state index in [1.165, 1.54) is 23.5 Å². The number of anilines is 1. The molecule has 0 aromatic heterocycles. The highest BCUT2D eigenvalue weighted by Crippen LogP contribution is 2.32. The number of benzene rings is 2. The highest BCUT2D eigenvalue weighted by molar-refractivity contribution is 6.07. The van der Waals surface area contributed by atoms with E-state index >= 15 is 0 Å². The third-order valence-electron chi connectivity index (χ3n) is 5.49. The van der Waals surface area contributed by atoms with E-state index in [9.17, 15) is 22.8 Å². The number of carbonyl (C=O) groups is 2. The summed E-state index contributed by atoms with van der Waals surface area (Å²) in [5.74, 6) is -0.406. The highest BCUT2D eigenvalue weighted by Gasteiger charge is 2.31. The van der Waals surface area contributed by atoms with Crippen LogP contribution in [0.4, 0.5) is 18.9 Å². The quantitative estimate of drug-likeness (QED) is 0.365. The first kappa shape index (κ1) is 26.4. The largest absolute Gasteiger partial charge is 0.416 e. The topological polar surface area (TPSA) is 49.4 Å². The second-order valence-corrected chi connectivity index (χ2v) is 8.19. The Hall–Kier alpha value is -2.83. The van der Waals surface area contributed by atoms with Gasteiger partial charge >= 0.3 is 6.18 Å². The molecule has 33 heavy (non-hydrogen) atoms. The van der Waals surface area contributed by atoms with E-state index in [2.05, 4.69) is 12.2 Å². The average molecular weight is 463 g/mol. The van der Waals surface area contributed by atoms with Crippen LogP contribution in [0.5, 0.6) is 0 Å². The Labute approximate surface area is 194 Å². The molecule has 0 aliphatic rings. The first-order valence-corrected chi connectivity index (χ1v) is 11.6. The predicted octanol–water partition coefficient (Wildman–Crippen LogP) is 6.53. The lowest BCUT2D eigenvalue weighted by atomic mass is 10.1. The van der Waals surface area contributed by atoms with Crippen LogP contribution >= 0.6 is 0 Å². The monoisotopic (exact) mass is 462 g/mol. The molecule has 0 atom stereocenters. The van der Waals surface area contributed by atoms with Gasteiger partial charge < -0.3 is 10.2 Å². The Kier molecular flexibility index (Phi) is 10.4. The van der Waals surface area contributed by atoms with Crippen molar-refractivity contribution in [2.45, 2.75) is 65.0 Å². The smallest absolute Gasteiger partial charge is 0.356 e. The number of nitrogens with one attached hydrogen (secondary N) is 1. The molecule has 7 heteroatoms. The molecule has 0 unspecified atom stereocenters. The molecular formula is C26H33F3N2O2. The summed E-state index contributed by atoms with van der Waals surface area (Å²) >= 11 is 0. The van der Waals surface area contributed by atoms with Crippen LogP contribution in [-0.4, -0.2) is 24.9 Å². The van der Waals surface area contributed by atoms with Crippen molar-refractivity contribution in [1.29, 1.82) is 0 Å². The number of aryl methyl sites for hydroxylation is 1. The number of rotatable bonds is 12. The van der Waals surface area contributed by atoms with Gasteiger partial charge in [-0.2, -0.15) is 13.2 Å². The molecule has 0 heterocycles. The minimum atomic E-state index is -4.50. The summed E-state index contributed by atoms with van der Waals surface area (Å²) in [4.78, 5) is 26.6. The van der Waals surface area contributed by atoms with Crippen molar-refractivity contribution in [2.24, 2.45) is 0 Å². The first-order valence-electron chi connectivity index (χ1n) is 11.6. The zero-order valence-electron chi connectivity index (χ0n) is 19.4. The van der Waals surface area contributed by atoms with Crippen molar-refractivity contribution in [2.75, 3.05) is 18.0 Å². The van der Waals surface area contributed by atoms with Crippen molar-refractivity contribution in [3.8, 4) is 0 Å². The number of hydrogen-bond donors (Lipinski definition) is 1. The summed E-state index contributed by atoms with van der Waals surface area (Å²) in [5.41, 5.74) is 0.557. The van der Waals surface area contributed by atoms with E-state index in [0.717, 1.165) is 43.4 Å². The zero-order chi connectivity index (χ0) is 24.3. The van der Waals surface area contributed by atoms with Gasteiger partial charge in [0.2, 0.25) is 5.91 Å². The van der Waals surface area contributed by atoms with Gasteiger partial charge in [0.25, 0.3) is 5.91 Å². The van der Waals surface area contributed by atoms with E-state index in [4.69, 9.17) is 0 Å². The molecule has 0 aliphatic heterocycles. The van der Waals surface area contributed by atoms with Gasteiger partial charge in [-0.25, -0.2) is 0 Å². The van der Waals surface area contributed by atoms with Gasteiger partial charge in [-0.15, -0.1) is 0 Å². The van der Waals surface area contributed by atoms with Gasteiger partial charge in [0, 0.05) is 30.8 Å². The molecule has 2 rings (SSSR count). The number of hydrogen-bond acceptors (Lipinski definition) is 2. The second-order valence-electron chi connectivity index (χ2n) is 8.19. The third-order valence-corrected chi connectivity index (χ3v) is 5.49. The molecule has 180 valence electrons. The van der Waals surface area contributed by atoms with Crippen molar-refractivity contribution in [3.05, 3.63) is 65.2 Å². The lowest BCUT2D eigenvalue weighted by molar-refractivity contribution is -0.137. The summed E-state index contributed by atoms with van der Waals surface area (Å²) in [7, 11) is 0. The molecule has 2 amide bonds. The summed E-state index contributed by atoms with van der Waals surface area (Å²) in [6.45, 7) is 4.47. The molecule has 4 nitrogen and oxygen atoms in total. The van der Waals surface area contributed by atoms with E-state index in [-0.39, 0.29) is 24.0 Å². The van der Waals surface area contributed by atoms with Crippen molar-refractivity contribution >= 4 is 17.5 Å². The van der Waals surface area contributed by atoms with Gasteiger partial charge in [-0.3, -0.25) is 9.59 Å². The molecule has 0 radical (unpaired) electrons. The predicted molar refractivity (Wildman–Crippen MR) is 125 cm³/mol. The maximum Gasteiger partial charge on any atom is 0.416 e. The standard InChI is InChI=1S/C26H33F3N2O2/c1-3-4-5-6-7-16-24(32)30-17-11-18-31(25(33)23-15-9-8-12-20(23)2)22-14-10-13-21(19-22)26(27,28)29/h8-10,12-15,19H,3-7,11,16-18H2,1-2H3,(H,30,32). The van der Waals surface area contributed by atoms with Crippen LogP contribution in [0.3, 0.4) is 0 Å². The number of halogens is 3. The summed E-state index contributed by atoms with van der Waals surface area (Å²) in [6, 6.07) is 11.8. The molecule has 0 saturated carbocycles. The Morgan fingerprint density at radius 1 is 0.939 bits per heavy atom. The van der Waals surface area contributed by atoms with Crippen molar-refractivity contribution in [1.82, 2.24) is 5.32 Å². The normalized spacial score (nSPS) is 11.3. The lowest BCUT2D eigenvalue weighted by Gasteiger charge is -2.25. The fraction of sp³-hybridized carbons (Fsp3) is 0.462. The molecule has 0 bridgehead atoms. The number of nitrogens with zero attached hydrogens (tertiary/aromatic N) is 1. The van der Waals surface area contributed by atoms with Gasteiger partial charge in [-0.1, -0.05) is 56.9 Å². The molecule has 0 fully saturated rings. The van der Waals surface area contributed by atoms with Gasteiger partial charge in [-0.05, 0) is 49.6 Å². The summed E-state index contributed by atoms with van der Waals surface area (Å²) < 4.78 is 39.7. The fourth-order valence-corrected chi connectivity index (χ4v) is 3.60. The molecule has 0 spiro atoms. The lowest BCUT2D eigenvalue weighted by Crippen LogP contribution is -2.35. The molecule has 2 aromatic rings. The first-order chi connectivity index (χ1) is 15.7. The van der Waals surface area contributed by atoms with E-state index in [1.54, 1.807) is 31.2 Å². The van der Waals surface area contributed by atoms with E-state index in [0.29, 0.717) is 24.9 Å². The van der Waals surface area contributed by atoms with Gasteiger partial charge in [0.05, 0.1) is 5.56 Å². The van der Waals surface area contributed by atoms with Gasteiger partial charge in [0.1, 0.15) is 0 Å². The van der Waals surface area contributed by atoms with Crippen LogP contribution in [0.25, 0.3) is 0 Å². The van der Waals surface area contributed by atoms with Crippen LogP contribution in [0.15, 0.2) is 48.5 Å². The van der Waals surface area contributed by atoms with Crippen molar-refractivity contribution in [3.63, 3.8) is 0 Å². The van der Waals surface area contributed by atoms with E-state index in [1.807, 2.05) is 0 Å². The van der Waals surface area contributed by atoms with Crippen LogP contribution in [-0.2, 0) is 11.0 Å². The molecular weight excluding hydrogens is 429 g/mol. The summed E-state index contributed by atoms with van der Waals surface area (Å²) in [5, 5.41) is 2.85. The van der Waals surface area contributed by atoms with E-state index < -0.39 is 11.7 Å². The Morgan fingerprint density at radius 3 is 2.36 bits per heavy atom. The van der Waals surface area contributed by atoms with Gasteiger partial charge in [0.15, 0.2) is 0 Å². The molecule has 0 saturated heterocycles. The fourth-order valence-electron chi connectivity index (χ4n) is 3.60. The zero-order valence-corrected chi connectivity index (χ0v) is 19.4. The van der Waals surface area contributed by atoms with Crippen LogP contribution in [0, 0.1) is 6.92 Å². The molecule has 0 aliphatic carbocycles. The third kappa shape index (κ3) is 8.56. The minimum absolute atomic E-state index is 0.0395. The number of carbonyl (C=O) groups excluding carboxylic acids is 2. The minimum Gasteiger partial charge on any atom is -0.356 e. The van der Waals surface area contributed by atoms with Crippen LogP contribution < -0.4 is 10.2 Å². The Bertz CT molecular complexity index is 912. The number of unbranched alkanes of at least 4 members (excludes halogenated alkanes) is 4. The summed E-state index contributed by atoms with van der Waals surface area (Å²) in [6.07, 6.45) is 1.69. The average Bonchev–Trinajstić information content (AvgIpc) is 2.78. The van der Waals surface area contributed by atoms with Crippen LogP contribution in [0.2, 0.25) is 0 Å². The Balaban J connectivity index is 2.05. The molecule has 1 N–H and O–H groups in total. The number of amides is 2.